The molecule has 132 valence electrons. The number of hydrogen-bond donors (Lipinski definition) is 1. The number of rotatable bonds is 4. The van der Waals surface area contributed by atoms with Gasteiger partial charge in [0.2, 0.25) is 0 Å². The third-order valence-electron chi connectivity index (χ3n) is 4.98. The molecular formula is C19H29N3OS. The summed E-state index contributed by atoms with van der Waals surface area (Å²) in [5, 5.41) is 10.6. The fourth-order valence-corrected chi connectivity index (χ4v) is 4.49. The van der Waals surface area contributed by atoms with Gasteiger partial charge in [0.25, 0.3) is 0 Å². The molecule has 1 aliphatic heterocycles. The molecule has 2 aromatic heterocycles. The lowest BCUT2D eigenvalue weighted by atomic mass is 9.90. The lowest BCUT2D eigenvalue weighted by molar-refractivity contribution is 0.0494. The molecule has 1 saturated heterocycles. The van der Waals surface area contributed by atoms with Crippen molar-refractivity contribution in [3.63, 3.8) is 0 Å². The van der Waals surface area contributed by atoms with Gasteiger partial charge in [-0.05, 0) is 49.4 Å². The van der Waals surface area contributed by atoms with Crippen LogP contribution in [0, 0.1) is 5.92 Å². The zero-order valence-electron chi connectivity index (χ0n) is 15.2. The third-order valence-corrected chi connectivity index (χ3v) is 6.48. The average molecular weight is 348 g/mol. The normalized spacial score (nSPS) is 18.9. The number of aryl methyl sites for hydroxylation is 1. The molecule has 4 nitrogen and oxygen atoms in total. The van der Waals surface area contributed by atoms with Crippen molar-refractivity contribution in [2.45, 2.75) is 51.7 Å². The monoisotopic (exact) mass is 347 g/mol. The van der Waals surface area contributed by atoms with E-state index in [1.54, 1.807) is 6.20 Å². The molecule has 0 unspecified atom stereocenters. The summed E-state index contributed by atoms with van der Waals surface area (Å²) in [4.78, 5) is 9.72. The molecule has 1 fully saturated rings. The van der Waals surface area contributed by atoms with Crippen LogP contribution in [0.5, 0.6) is 0 Å². The van der Waals surface area contributed by atoms with E-state index in [2.05, 4.69) is 42.8 Å². The van der Waals surface area contributed by atoms with E-state index in [-0.39, 0.29) is 5.41 Å². The van der Waals surface area contributed by atoms with Crippen molar-refractivity contribution in [3.05, 3.63) is 40.1 Å². The maximum absolute atomic E-state index is 10.6. The molecule has 0 radical (unpaired) electrons. The van der Waals surface area contributed by atoms with Crippen LogP contribution in [0.4, 0.5) is 0 Å². The van der Waals surface area contributed by atoms with Crippen molar-refractivity contribution >= 4 is 11.3 Å². The Balaban J connectivity index is 1.54. The van der Waals surface area contributed by atoms with Gasteiger partial charge in [-0.15, -0.1) is 11.3 Å². The topological polar surface area (TPSA) is 41.3 Å². The molecular weight excluding hydrogens is 318 g/mol. The van der Waals surface area contributed by atoms with E-state index in [1.807, 2.05) is 29.1 Å². The predicted octanol–water partition coefficient (Wildman–Crippen LogP) is 3.72. The van der Waals surface area contributed by atoms with Gasteiger partial charge >= 0.3 is 0 Å². The Labute approximate surface area is 149 Å². The number of aromatic nitrogens is 2. The molecule has 0 spiro atoms. The molecule has 5 heteroatoms. The molecule has 0 aliphatic carbocycles. The molecule has 0 aromatic carbocycles. The minimum Gasteiger partial charge on any atom is -0.385 e. The standard InChI is InChI=1S/C19H29N3OS/c1-19(2,3)16-6-5-15(24-16)13-22-10-7-14(8-11-22)17(23)18-20-9-12-21(18)4/h5-6,9,12,14,17,23H,7-8,10-11,13H2,1-4H3/t17-/m0/s1. The van der Waals surface area contributed by atoms with Crippen LogP contribution >= 0.6 is 11.3 Å². The summed E-state index contributed by atoms with van der Waals surface area (Å²) in [6.45, 7) is 9.95. The lowest BCUT2D eigenvalue weighted by Crippen LogP contribution is -2.35. The number of piperidine rings is 1. The highest BCUT2D eigenvalue weighted by molar-refractivity contribution is 7.12. The minimum atomic E-state index is -0.443. The molecule has 24 heavy (non-hydrogen) atoms. The van der Waals surface area contributed by atoms with Gasteiger partial charge in [-0.1, -0.05) is 20.8 Å². The van der Waals surface area contributed by atoms with Gasteiger partial charge in [0.05, 0.1) is 0 Å². The van der Waals surface area contributed by atoms with Crippen LogP contribution < -0.4 is 0 Å². The first kappa shape index (κ1) is 17.6. The van der Waals surface area contributed by atoms with E-state index in [4.69, 9.17) is 0 Å². The van der Waals surface area contributed by atoms with Gasteiger partial charge in [0.1, 0.15) is 11.9 Å². The Bertz CT molecular complexity index is 662. The largest absolute Gasteiger partial charge is 0.385 e. The van der Waals surface area contributed by atoms with Crippen LogP contribution in [0.3, 0.4) is 0 Å². The third kappa shape index (κ3) is 3.90. The average Bonchev–Trinajstić information content (AvgIpc) is 3.16. The van der Waals surface area contributed by atoms with E-state index in [1.165, 1.54) is 9.75 Å². The van der Waals surface area contributed by atoms with Gasteiger partial charge in [0.15, 0.2) is 0 Å². The van der Waals surface area contributed by atoms with Crippen molar-refractivity contribution in [2.24, 2.45) is 13.0 Å². The molecule has 0 amide bonds. The van der Waals surface area contributed by atoms with Crippen LogP contribution in [0.2, 0.25) is 0 Å². The maximum atomic E-state index is 10.6. The van der Waals surface area contributed by atoms with Gasteiger partial charge in [-0.25, -0.2) is 4.98 Å². The molecule has 2 aromatic rings. The van der Waals surface area contributed by atoms with Crippen molar-refractivity contribution in [1.29, 1.82) is 0 Å². The number of thiophene rings is 1. The number of aliphatic hydroxyl groups excluding tert-OH is 1. The van der Waals surface area contributed by atoms with Crippen molar-refractivity contribution in [3.8, 4) is 0 Å². The lowest BCUT2D eigenvalue weighted by Gasteiger charge is -2.33. The highest BCUT2D eigenvalue weighted by atomic mass is 32.1. The number of aliphatic hydroxyl groups is 1. The Hall–Kier alpha value is -1.17. The van der Waals surface area contributed by atoms with E-state index >= 15 is 0 Å². The first-order chi connectivity index (χ1) is 11.3. The zero-order valence-corrected chi connectivity index (χ0v) is 16.0. The number of hydrogen-bond acceptors (Lipinski definition) is 4. The quantitative estimate of drug-likeness (QED) is 0.916. The highest BCUT2D eigenvalue weighted by Gasteiger charge is 2.28. The van der Waals surface area contributed by atoms with Crippen LogP contribution in [0.25, 0.3) is 0 Å². The van der Waals surface area contributed by atoms with Gasteiger partial charge in [-0.3, -0.25) is 4.90 Å². The summed E-state index contributed by atoms with van der Waals surface area (Å²) in [5.41, 5.74) is 0.238. The SMILES string of the molecule is Cn1ccnc1[C@@H](O)C1CCN(Cc2ccc(C(C)(C)C)s2)CC1. The molecule has 1 atom stereocenters. The van der Waals surface area contributed by atoms with Crippen molar-refractivity contribution < 1.29 is 5.11 Å². The molecule has 0 bridgehead atoms. The van der Waals surface area contributed by atoms with E-state index in [9.17, 15) is 5.11 Å². The number of imidazole rings is 1. The van der Waals surface area contributed by atoms with Gasteiger partial charge < -0.3 is 9.67 Å². The van der Waals surface area contributed by atoms with Gasteiger partial charge in [0, 0.05) is 35.7 Å². The van der Waals surface area contributed by atoms with Crippen molar-refractivity contribution in [1.82, 2.24) is 14.5 Å². The van der Waals surface area contributed by atoms with Crippen LogP contribution in [0.1, 0.15) is 55.3 Å². The molecule has 1 N–H and O–H groups in total. The Morgan fingerprint density at radius 2 is 2.00 bits per heavy atom. The Kier molecular flexibility index (Phi) is 5.13. The first-order valence-corrected chi connectivity index (χ1v) is 9.63. The Morgan fingerprint density at radius 3 is 2.54 bits per heavy atom. The summed E-state index contributed by atoms with van der Waals surface area (Å²) in [6, 6.07) is 4.55. The zero-order chi connectivity index (χ0) is 17.3. The second kappa shape index (κ2) is 6.98. The van der Waals surface area contributed by atoms with Crippen LogP contribution in [-0.4, -0.2) is 32.6 Å². The summed E-state index contributed by atoms with van der Waals surface area (Å²) >= 11 is 1.94. The second-order valence-electron chi connectivity index (χ2n) is 7.97. The van der Waals surface area contributed by atoms with Crippen LogP contribution in [0.15, 0.2) is 24.5 Å². The molecule has 3 heterocycles. The summed E-state index contributed by atoms with van der Waals surface area (Å²) in [7, 11) is 1.95. The smallest absolute Gasteiger partial charge is 0.137 e. The molecule has 1 aliphatic rings. The first-order valence-electron chi connectivity index (χ1n) is 8.81. The highest BCUT2D eigenvalue weighted by Crippen LogP contribution is 2.33. The number of likely N-dealkylation sites (tertiary alicyclic amines) is 1. The van der Waals surface area contributed by atoms with E-state index in [0.29, 0.717) is 5.92 Å². The van der Waals surface area contributed by atoms with Crippen LogP contribution in [-0.2, 0) is 19.0 Å². The Morgan fingerprint density at radius 1 is 1.29 bits per heavy atom. The van der Waals surface area contributed by atoms with E-state index < -0.39 is 6.10 Å². The second-order valence-corrected chi connectivity index (χ2v) is 9.14. The summed E-state index contributed by atoms with van der Waals surface area (Å²) in [6.07, 6.45) is 5.28. The summed E-state index contributed by atoms with van der Waals surface area (Å²) in [5.74, 6) is 1.11. The van der Waals surface area contributed by atoms with Crippen molar-refractivity contribution in [2.75, 3.05) is 13.1 Å². The summed E-state index contributed by atoms with van der Waals surface area (Å²) < 4.78 is 1.93. The van der Waals surface area contributed by atoms with Gasteiger partial charge in [-0.2, -0.15) is 0 Å². The fraction of sp³-hybridized carbons (Fsp3) is 0.632. The minimum absolute atomic E-state index is 0.238. The predicted molar refractivity (Wildman–Crippen MR) is 99.2 cm³/mol. The number of nitrogens with zero attached hydrogens (tertiary/aromatic N) is 3. The fourth-order valence-electron chi connectivity index (χ4n) is 3.39. The molecule has 3 rings (SSSR count). The van der Waals surface area contributed by atoms with E-state index in [0.717, 1.165) is 38.3 Å². The molecule has 0 saturated carbocycles. The maximum Gasteiger partial charge on any atom is 0.137 e.